The minimum absolute atomic E-state index is 0.0139. The van der Waals surface area contributed by atoms with E-state index in [9.17, 15) is 14.9 Å². The number of nitrogens with one attached hydrogen (secondary N) is 2. The highest BCUT2D eigenvalue weighted by Crippen LogP contribution is 2.53. The van der Waals surface area contributed by atoms with Gasteiger partial charge in [-0.15, -0.1) is 0 Å². The Labute approximate surface area is 266 Å². The summed E-state index contributed by atoms with van der Waals surface area (Å²) in [6, 6.07) is 16.1. The maximum absolute atomic E-state index is 15.7. The molecule has 0 saturated carbocycles. The second-order valence-corrected chi connectivity index (χ2v) is 13.2. The van der Waals surface area contributed by atoms with Crippen LogP contribution in [0.5, 0.6) is 0 Å². The van der Waals surface area contributed by atoms with Crippen molar-refractivity contribution in [1.29, 1.82) is 5.26 Å². The lowest BCUT2D eigenvalue weighted by Gasteiger charge is -2.37. The predicted molar refractivity (Wildman–Crippen MR) is 167 cm³/mol. The predicted octanol–water partition coefficient (Wildman–Crippen LogP) is 7.54. The lowest BCUT2D eigenvalue weighted by atomic mass is 9.63. The van der Waals surface area contributed by atoms with Crippen molar-refractivity contribution in [3.8, 4) is 6.07 Å². The second-order valence-electron chi connectivity index (χ2n) is 12.4. The fraction of sp³-hybridized carbons (Fsp3) is 0.364. The van der Waals surface area contributed by atoms with E-state index in [0.717, 1.165) is 6.07 Å². The quantitative estimate of drug-likeness (QED) is 0.247. The highest BCUT2D eigenvalue weighted by atomic mass is 35.5. The summed E-state index contributed by atoms with van der Waals surface area (Å²) in [6.07, 6.45) is -1.83. The van der Waals surface area contributed by atoms with Crippen molar-refractivity contribution in [2.24, 2.45) is 5.41 Å². The van der Waals surface area contributed by atoms with E-state index in [-0.39, 0.29) is 38.9 Å². The monoisotopic (exact) mass is 642 g/mol. The second kappa shape index (κ2) is 13.2. The molecule has 2 N–H and O–H groups in total. The first kappa shape index (κ1) is 33.3. The molecule has 44 heavy (non-hydrogen) atoms. The highest BCUT2D eigenvalue weighted by molar-refractivity contribution is 6.31. The summed E-state index contributed by atoms with van der Waals surface area (Å²) >= 11 is 12.2. The number of carbonyl (C=O) groups excluding carboxylic acids is 2. The Balaban J connectivity index is 1.76. The molecule has 1 aliphatic heterocycles. The number of carbonyl (C=O) groups is 2. The number of benzene rings is 3. The van der Waals surface area contributed by atoms with Crippen LogP contribution in [0.4, 0.5) is 19.3 Å². The summed E-state index contributed by atoms with van der Waals surface area (Å²) in [6.45, 7) is 6.10. The van der Waals surface area contributed by atoms with E-state index in [4.69, 9.17) is 27.9 Å². The van der Waals surface area contributed by atoms with E-state index in [0.29, 0.717) is 17.7 Å². The van der Waals surface area contributed by atoms with E-state index >= 15 is 8.78 Å². The number of halogens is 4. The minimum Gasteiger partial charge on any atom is -0.429 e. The maximum Gasteiger partial charge on any atom is 0.413 e. The van der Waals surface area contributed by atoms with Gasteiger partial charge < -0.3 is 9.64 Å². The average Bonchev–Trinajstić information content (AvgIpc) is 3.21. The van der Waals surface area contributed by atoms with Crippen LogP contribution >= 0.6 is 23.2 Å². The van der Waals surface area contributed by atoms with Gasteiger partial charge in [-0.2, -0.15) is 5.26 Å². The maximum atomic E-state index is 15.7. The van der Waals surface area contributed by atoms with Crippen LogP contribution in [0.2, 0.25) is 10.0 Å². The van der Waals surface area contributed by atoms with Gasteiger partial charge >= 0.3 is 6.09 Å². The zero-order valence-corrected chi connectivity index (χ0v) is 26.6. The van der Waals surface area contributed by atoms with Gasteiger partial charge in [0.25, 0.3) is 0 Å². The molecule has 0 unspecified atom stereocenters. The first-order chi connectivity index (χ1) is 20.7. The SMILES string of the molecule is CN(C)CC(=O)c1ccc(NC(=O)O[C@H]2N[C@@H](CC(C)(C)C)[C@](C#N)(c3ccc(Cl)cc3F)[C@H]2c2cccc(Cl)c2F)cc1. The molecular weight excluding hydrogens is 609 g/mol. The van der Waals surface area contributed by atoms with E-state index in [1.807, 2.05) is 20.8 Å². The van der Waals surface area contributed by atoms with Crippen molar-refractivity contribution < 1.29 is 23.1 Å². The van der Waals surface area contributed by atoms with Crippen molar-refractivity contribution in [2.45, 2.75) is 50.8 Å². The minimum atomic E-state index is -1.74. The van der Waals surface area contributed by atoms with Crippen LogP contribution in [0, 0.1) is 28.4 Å². The lowest BCUT2D eigenvalue weighted by Crippen LogP contribution is -2.44. The van der Waals surface area contributed by atoms with Crippen LogP contribution in [0.25, 0.3) is 0 Å². The number of anilines is 1. The number of likely N-dealkylation sites (N-methyl/N-ethyl adjacent to an activating group) is 1. The summed E-state index contributed by atoms with van der Waals surface area (Å²) < 4.78 is 37.3. The third-order valence-corrected chi connectivity index (χ3v) is 8.08. The standard InChI is InChI=1S/C33H34Cl2F2N4O3/c1-32(2,3)16-27-33(18-38,23-14-11-20(34)15-25(23)36)28(22-7-6-8-24(35)29(22)37)30(40-27)44-31(43)39-21-12-9-19(10-13-21)26(42)17-41(4)5/h6-15,27-28,30,40H,16-17H2,1-5H3,(H,39,43)/t27-,28-,30+,33-/m0/s1. The molecule has 0 spiro atoms. The van der Waals surface area contributed by atoms with Crippen LogP contribution in [0.3, 0.4) is 0 Å². The van der Waals surface area contributed by atoms with E-state index in [1.165, 1.54) is 30.3 Å². The van der Waals surface area contributed by atoms with Crippen LogP contribution in [-0.4, -0.2) is 49.7 Å². The Hall–Kier alpha value is -3.55. The zero-order chi connectivity index (χ0) is 32.4. The molecular formula is C33H34Cl2F2N4O3. The number of hydrogen-bond donors (Lipinski definition) is 2. The third kappa shape index (κ3) is 7.05. The van der Waals surface area contributed by atoms with Gasteiger partial charge in [0.1, 0.15) is 17.0 Å². The molecule has 1 aliphatic rings. The van der Waals surface area contributed by atoms with Gasteiger partial charge in [-0.05, 0) is 74.0 Å². The largest absolute Gasteiger partial charge is 0.429 e. The summed E-state index contributed by atoms with van der Waals surface area (Å²) in [4.78, 5) is 27.4. The number of rotatable bonds is 8. The van der Waals surface area contributed by atoms with Gasteiger partial charge in [0.15, 0.2) is 12.0 Å². The third-order valence-electron chi connectivity index (χ3n) is 7.55. The first-order valence-electron chi connectivity index (χ1n) is 14.0. The Morgan fingerprint density at radius 1 is 1.09 bits per heavy atom. The van der Waals surface area contributed by atoms with Crippen LogP contribution in [0.15, 0.2) is 60.7 Å². The molecule has 3 aromatic rings. The molecule has 0 aromatic heterocycles. The molecule has 1 saturated heterocycles. The molecule has 0 radical (unpaired) electrons. The van der Waals surface area contributed by atoms with Crippen molar-refractivity contribution in [2.75, 3.05) is 26.0 Å². The van der Waals surface area contributed by atoms with Crippen LogP contribution in [0.1, 0.15) is 54.6 Å². The van der Waals surface area contributed by atoms with Crippen LogP contribution in [-0.2, 0) is 10.2 Å². The molecule has 11 heteroatoms. The molecule has 1 amide bonds. The molecule has 0 bridgehead atoms. The molecule has 3 aromatic carbocycles. The Bertz CT molecular complexity index is 1590. The lowest BCUT2D eigenvalue weighted by molar-refractivity contribution is 0.0851. The summed E-state index contributed by atoms with van der Waals surface area (Å²) in [7, 11) is 3.58. The van der Waals surface area contributed by atoms with Crippen molar-refractivity contribution in [3.05, 3.63) is 99.0 Å². The van der Waals surface area contributed by atoms with Crippen molar-refractivity contribution >= 4 is 40.8 Å². The van der Waals surface area contributed by atoms with Gasteiger partial charge in [0.05, 0.1) is 23.6 Å². The summed E-state index contributed by atoms with van der Waals surface area (Å²) in [5.74, 6) is -2.86. The fourth-order valence-electron chi connectivity index (χ4n) is 5.75. The normalized spacial score (nSPS) is 21.6. The summed E-state index contributed by atoms with van der Waals surface area (Å²) in [5, 5.41) is 16.7. The number of amides is 1. The highest BCUT2D eigenvalue weighted by Gasteiger charge is 2.61. The number of hydrogen-bond acceptors (Lipinski definition) is 6. The van der Waals surface area contributed by atoms with Crippen molar-refractivity contribution in [3.63, 3.8) is 0 Å². The van der Waals surface area contributed by atoms with Crippen molar-refractivity contribution in [1.82, 2.24) is 10.2 Å². The molecule has 1 heterocycles. The Morgan fingerprint density at radius 3 is 2.36 bits per heavy atom. The number of nitriles is 1. The molecule has 1 fully saturated rings. The smallest absolute Gasteiger partial charge is 0.413 e. The first-order valence-corrected chi connectivity index (χ1v) is 14.7. The van der Waals surface area contributed by atoms with E-state index < -0.39 is 41.3 Å². The van der Waals surface area contributed by atoms with Crippen LogP contribution < -0.4 is 10.6 Å². The number of nitrogens with zero attached hydrogens (tertiary/aromatic N) is 2. The molecule has 4 rings (SSSR count). The molecule has 0 aliphatic carbocycles. The average molecular weight is 644 g/mol. The van der Waals surface area contributed by atoms with E-state index in [2.05, 4.69) is 16.7 Å². The van der Waals surface area contributed by atoms with Gasteiger partial charge in [-0.25, -0.2) is 13.6 Å². The van der Waals surface area contributed by atoms with Gasteiger partial charge in [0, 0.05) is 27.9 Å². The topological polar surface area (TPSA) is 94.5 Å². The Morgan fingerprint density at radius 2 is 1.77 bits per heavy atom. The van der Waals surface area contributed by atoms with Gasteiger partial charge in [0.2, 0.25) is 0 Å². The van der Waals surface area contributed by atoms with E-state index in [1.54, 1.807) is 43.3 Å². The summed E-state index contributed by atoms with van der Waals surface area (Å²) in [5.41, 5.74) is -1.32. The van der Waals surface area contributed by atoms with Gasteiger partial charge in [-0.3, -0.25) is 15.4 Å². The number of ether oxygens (including phenoxy) is 1. The fourth-order valence-corrected chi connectivity index (χ4v) is 6.09. The number of ketones is 1. The zero-order valence-electron chi connectivity index (χ0n) is 25.1. The molecule has 7 nitrogen and oxygen atoms in total. The number of Topliss-reactive ketones (excluding diaryl/α,β-unsaturated/α-hetero) is 1. The Kier molecular flexibility index (Phi) is 10.0. The van der Waals surface area contributed by atoms with Gasteiger partial charge in [-0.1, -0.05) is 62.2 Å². The molecule has 4 atom stereocenters. The molecule has 232 valence electrons.